The third-order valence-electron chi connectivity index (χ3n) is 3.82. The van der Waals surface area contributed by atoms with Gasteiger partial charge >= 0.3 is 0 Å². The molecule has 0 radical (unpaired) electrons. The average molecular weight is 282 g/mol. The molecule has 0 aromatic heterocycles. The number of alkyl halides is 2. The maximum Gasteiger partial charge on any atom is 0.263 e. The lowest BCUT2D eigenvalue weighted by Crippen LogP contribution is -2.37. The van der Waals surface area contributed by atoms with Crippen molar-refractivity contribution in [3.8, 4) is 0 Å². The Morgan fingerprint density at radius 2 is 2.05 bits per heavy atom. The molecule has 1 atom stereocenters. The number of benzene rings is 1. The summed E-state index contributed by atoms with van der Waals surface area (Å²) < 4.78 is 25.1. The van der Waals surface area contributed by atoms with E-state index >= 15 is 0 Å². The molecule has 1 heterocycles. The summed E-state index contributed by atoms with van der Waals surface area (Å²) in [5, 5.41) is 3.51. The van der Waals surface area contributed by atoms with E-state index < -0.39 is 6.43 Å². The van der Waals surface area contributed by atoms with Gasteiger partial charge in [0.05, 0.1) is 0 Å². The van der Waals surface area contributed by atoms with Crippen LogP contribution in [0.3, 0.4) is 0 Å². The van der Waals surface area contributed by atoms with E-state index in [1.165, 1.54) is 25.0 Å². The van der Waals surface area contributed by atoms with Gasteiger partial charge in [0.2, 0.25) is 0 Å². The van der Waals surface area contributed by atoms with Crippen LogP contribution < -0.4 is 5.32 Å². The van der Waals surface area contributed by atoms with Crippen LogP contribution in [0.1, 0.15) is 43.7 Å². The summed E-state index contributed by atoms with van der Waals surface area (Å²) in [6.45, 7) is 6.23. The molecule has 0 spiro atoms. The smallest absolute Gasteiger partial charge is 0.263 e. The molecule has 20 heavy (non-hydrogen) atoms. The van der Waals surface area contributed by atoms with Crippen LogP contribution in [-0.2, 0) is 6.54 Å². The second-order valence-electron chi connectivity index (χ2n) is 5.57. The molecule has 0 aliphatic carbocycles. The molecule has 1 fully saturated rings. The second kappa shape index (κ2) is 7.70. The van der Waals surface area contributed by atoms with Crippen LogP contribution in [0.2, 0.25) is 0 Å². The van der Waals surface area contributed by atoms with Gasteiger partial charge in [-0.25, -0.2) is 8.78 Å². The van der Waals surface area contributed by atoms with Gasteiger partial charge in [-0.3, -0.25) is 4.90 Å². The van der Waals surface area contributed by atoms with Gasteiger partial charge in [-0.15, -0.1) is 0 Å². The molecule has 1 aromatic rings. The molecule has 1 aliphatic heterocycles. The summed E-state index contributed by atoms with van der Waals surface area (Å²) >= 11 is 0. The summed E-state index contributed by atoms with van der Waals surface area (Å²) in [5.41, 5.74) is 1.22. The van der Waals surface area contributed by atoms with Crippen molar-refractivity contribution in [1.29, 1.82) is 0 Å². The molecular formula is C16H24F2N2. The molecule has 1 N–H and O–H groups in total. The monoisotopic (exact) mass is 282 g/mol. The zero-order valence-electron chi connectivity index (χ0n) is 12.1. The van der Waals surface area contributed by atoms with Gasteiger partial charge in [-0.05, 0) is 37.9 Å². The van der Waals surface area contributed by atoms with Crippen LogP contribution >= 0.6 is 0 Å². The maximum atomic E-state index is 12.5. The van der Waals surface area contributed by atoms with Crippen LogP contribution in [0, 0.1) is 0 Å². The Labute approximate surface area is 120 Å². The van der Waals surface area contributed by atoms with Gasteiger partial charge in [0, 0.05) is 24.7 Å². The van der Waals surface area contributed by atoms with E-state index in [1.807, 2.05) is 12.1 Å². The highest BCUT2D eigenvalue weighted by Gasteiger charge is 2.17. The summed E-state index contributed by atoms with van der Waals surface area (Å²) in [7, 11) is 0. The highest BCUT2D eigenvalue weighted by atomic mass is 19.3. The lowest BCUT2D eigenvalue weighted by Gasteiger charge is -2.25. The van der Waals surface area contributed by atoms with Crippen LogP contribution in [-0.4, -0.2) is 30.6 Å². The van der Waals surface area contributed by atoms with Crippen molar-refractivity contribution in [2.45, 2.75) is 45.2 Å². The fourth-order valence-corrected chi connectivity index (χ4v) is 2.80. The second-order valence-corrected chi connectivity index (χ2v) is 5.57. The van der Waals surface area contributed by atoms with Crippen molar-refractivity contribution in [2.24, 2.45) is 0 Å². The molecule has 1 saturated heterocycles. The van der Waals surface area contributed by atoms with Gasteiger partial charge in [0.15, 0.2) is 0 Å². The van der Waals surface area contributed by atoms with Crippen molar-refractivity contribution < 1.29 is 8.78 Å². The molecule has 0 bridgehead atoms. The number of hydrogen-bond donors (Lipinski definition) is 1. The lowest BCUT2D eigenvalue weighted by molar-refractivity contribution is 0.151. The van der Waals surface area contributed by atoms with Crippen molar-refractivity contribution in [3.05, 3.63) is 35.4 Å². The van der Waals surface area contributed by atoms with E-state index in [9.17, 15) is 8.78 Å². The fourth-order valence-electron chi connectivity index (χ4n) is 2.80. The Balaban J connectivity index is 1.92. The quantitative estimate of drug-likeness (QED) is 0.822. The first-order valence-corrected chi connectivity index (χ1v) is 7.51. The van der Waals surface area contributed by atoms with Crippen molar-refractivity contribution in [3.63, 3.8) is 0 Å². The van der Waals surface area contributed by atoms with Crippen LogP contribution in [0.25, 0.3) is 0 Å². The normalized spacial score (nSPS) is 19.1. The topological polar surface area (TPSA) is 15.3 Å². The van der Waals surface area contributed by atoms with Crippen molar-refractivity contribution >= 4 is 0 Å². The van der Waals surface area contributed by atoms with Gasteiger partial charge in [-0.2, -0.15) is 0 Å². The molecule has 1 aliphatic rings. The minimum atomic E-state index is -2.38. The molecule has 112 valence electrons. The Morgan fingerprint density at radius 1 is 1.30 bits per heavy atom. The molecule has 1 aromatic carbocycles. The first kappa shape index (κ1) is 15.4. The third-order valence-corrected chi connectivity index (χ3v) is 3.82. The number of nitrogens with one attached hydrogen (secondary N) is 1. The highest BCUT2D eigenvalue weighted by Crippen LogP contribution is 2.19. The van der Waals surface area contributed by atoms with E-state index in [4.69, 9.17) is 0 Å². The van der Waals surface area contributed by atoms with Gasteiger partial charge in [0.1, 0.15) is 0 Å². The van der Waals surface area contributed by atoms with Crippen LogP contribution in [0.15, 0.2) is 24.3 Å². The molecule has 0 amide bonds. The molecule has 2 rings (SSSR count). The maximum absolute atomic E-state index is 12.5. The van der Waals surface area contributed by atoms with Crippen molar-refractivity contribution in [1.82, 2.24) is 10.2 Å². The number of nitrogens with zero attached hydrogens (tertiary/aromatic N) is 1. The fraction of sp³-hybridized carbons (Fsp3) is 0.625. The molecule has 1 unspecified atom stereocenters. The summed E-state index contributed by atoms with van der Waals surface area (Å²) in [5.74, 6) is 0. The Morgan fingerprint density at radius 3 is 2.60 bits per heavy atom. The first-order chi connectivity index (χ1) is 9.69. The summed E-state index contributed by atoms with van der Waals surface area (Å²) in [6.07, 6.45) is 1.23. The van der Waals surface area contributed by atoms with Crippen molar-refractivity contribution in [2.75, 3.05) is 19.6 Å². The predicted octanol–water partition coefficient (Wildman–Crippen LogP) is 3.59. The standard InChI is InChI=1S/C16H24F2N2/c1-2-10-20(12-15-4-3-9-19-15)11-13-5-7-14(8-6-13)16(17)18/h5-8,15-16,19H,2-4,9-12H2,1H3. The van der Waals surface area contributed by atoms with E-state index in [-0.39, 0.29) is 5.56 Å². The minimum Gasteiger partial charge on any atom is -0.313 e. The average Bonchev–Trinajstić information content (AvgIpc) is 2.92. The van der Waals surface area contributed by atoms with Crippen LogP contribution in [0.4, 0.5) is 8.78 Å². The minimum absolute atomic E-state index is 0.105. The van der Waals surface area contributed by atoms with E-state index in [0.717, 1.165) is 38.2 Å². The van der Waals surface area contributed by atoms with E-state index in [1.54, 1.807) is 0 Å². The lowest BCUT2D eigenvalue weighted by atomic mass is 10.1. The largest absolute Gasteiger partial charge is 0.313 e. The number of hydrogen-bond acceptors (Lipinski definition) is 2. The number of halogens is 2. The summed E-state index contributed by atoms with van der Waals surface area (Å²) in [6, 6.07) is 7.32. The Hall–Kier alpha value is -1.00. The van der Waals surface area contributed by atoms with Gasteiger partial charge in [0.25, 0.3) is 6.43 Å². The van der Waals surface area contributed by atoms with Crippen LogP contribution in [0.5, 0.6) is 0 Å². The van der Waals surface area contributed by atoms with Gasteiger partial charge in [-0.1, -0.05) is 31.2 Å². The highest BCUT2D eigenvalue weighted by molar-refractivity contribution is 5.23. The van der Waals surface area contributed by atoms with E-state index in [2.05, 4.69) is 17.1 Å². The van der Waals surface area contributed by atoms with E-state index in [0.29, 0.717) is 6.04 Å². The first-order valence-electron chi connectivity index (χ1n) is 7.51. The molecule has 4 heteroatoms. The molecule has 2 nitrogen and oxygen atoms in total. The zero-order valence-corrected chi connectivity index (χ0v) is 12.1. The predicted molar refractivity (Wildman–Crippen MR) is 78.0 cm³/mol. The number of rotatable bonds is 7. The Kier molecular flexibility index (Phi) is 5.92. The summed E-state index contributed by atoms with van der Waals surface area (Å²) in [4.78, 5) is 2.42. The molecular weight excluding hydrogens is 258 g/mol. The third kappa shape index (κ3) is 4.53. The SMILES string of the molecule is CCCN(Cc1ccc(C(F)F)cc1)CC1CCCN1. The zero-order chi connectivity index (χ0) is 14.4. The molecule has 0 saturated carbocycles. The Bertz CT molecular complexity index is 386. The van der Waals surface area contributed by atoms with Gasteiger partial charge < -0.3 is 5.32 Å².